The molecule has 0 atom stereocenters. The zero-order chi connectivity index (χ0) is 29.9. The molecule has 0 aliphatic rings. The van der Waals surface area contributed by atoms with Gasteiger partial charge in [-0.15, -0.1) is 22.7 Å². The average molecular weight is 687 g/mol. The zero-order valence-electron chi connectivity index (χ0n) is 24.1. The van der Waals surface area contributed by atoms with E-state index in [1.54, 1.807) is 28.7 Å². The van der Waals surface area contributed by atoms with Crippen LogP contribution in [0.5, 0.6) is 5.75 Å². The smallest absolute Gasteiger partial charge is 0.128 e. The molecule has 7 heteroatoms. The van der Waals surface area contributed by atoms with Crippen molar-refractivity contribution in [3.63, 3.8) is 0 Å². The zero-order valence-corrected chi connectivity index (χ0v) is 29.5. The van der Waals surface area contributed by atoms with Crippen molar-refractivity contribution in [2.75, 3.05) is 0 Å². The summed E-state index contributed by atoms with van der Waals surface area (Å²) in [5.41, 5.74) is 8.38. The Morgan fingerprint density at radius 3 is 1.44 bits per heavy atom. The quantitative estimate of drug-likeness (QED) is 0.148. The molecule has 8 aromatic rings. The second-order valence-electron chi connectivity index (χ2n) is 10.1. The molecule has 3 nitrogen and oxygen atoms in total. The third kappa shape index (κ3) is 6.73. The van der Waals surface area contributed by atoms with Gasteiger partial charge in [0, 0.05) is 19.5 Å². The van der Waals surface area contributed by atoms with Gasteiger partial charge in [0.15, 0.2) is 0 Å². The van der Waals surface area contributed by atoms with E-state index < -0.39 is 0 Å². The van der Waals surface area contributed by atoms with E-state index in [0.29, 0.717) is 0 Å². The summed E-state index contributed by atoms with van der Waals surface area (Å²) >= 11 is 8.80. The second-order valence-corrected chi connectivity index (χ2v) is 12.6. The molecular formula is C38H25N2OS3Zn-. The number of phenolic OH excluding ortho intramolecular Hbond substituents is 1. The van der Waals surface area contributed by atoms with Crippen molar-refractivity contribution in [3.05, 3.63) is 146 Å². The molecule has 0 aliphatic heterocycles. The van der Waals surface area contributed by atoms with E-state index in [2.05, 4.69) is 53.5 Å². The van der Waals surface area contributed by atoms with Crippen molar-refractivity contribution in [1.82, 2.24) is 9.97 Å². The van der Waals surface area contributed by atoms with Gasteiger partial charge in [0.1, 0.15) is 15.8 Å². The number of aromatic hydroxyl groups is 1. The van der Waals surface area contributed by atoms with Crippen molar-refractivity contribution in [3.8, 4) is 49.1 Å². The van der Waals surface area contributed by atoms with Gasteiger partial charge in [-0.05, 0) is 70.3 Å². The molecule has 0 spiro atoms. The summed E-state index contributed by atoms with van der Waals surface area (Å²) in [6.45, 7) is 0. The van der Waals surface area contributed by atoms with Crippen molar-refractivity contribution >= 4 is 55.7 Å². The van der Waals surface area contributed by atoms with Crippen LogP contribution in [-0.2, 0) is 32.1 Å². The van der Waals surface area contributed by atoms with E-state index in [4.69, 9.17) is 17.6 Å². The largest absolute Gasteiger partial charge is 0.779 e. The van der Waals surface area contributed by atoms with Gasteiger partial charge in [0.25, 0.3) is 0 Å². The van der Waals surface area contributed by atoms with Crippen LogP contribution in [0.1, 0.15) is 0 Å². The van der Waals surface area contributed by atoms with E-state index in [1.165, 1.54) is 15.8 Å². The van der Waals surface area contributed by atoms with Crippen LogP contribution >= 0.6 is 22.7 Å². The molecule has 8 rings (SSSR count). The van der Waals surface area contributed by atoms with Crippen molar-refractivity contribution in [2.45, 2.75) is 4.90 Å². The fourth-order valence-electron chi connectivity index (χ4n) is 5.00. The Labute approximate surface area is 288 Å². The Balaban J connectivity index is 0.000000155. The standard InChI is InChI=1S/C19H13NOS.C19H13NS2.Zn/c2*21-17-11-10-14(13-6-2-1-3-7-13)12-15(17)19-20-16-8-4-5-9-18(16)22-19;/h2*1-12,21H;/p-1. The van der Waals surface area contributed by atoms with E-state index in [0.717, 1.165) is 52.9 Å². The summed E-state index contributed by atoms with van der Waals surface area (Å²) in [6.07, 6.45) is 0. The molecule has 214 valence electrons. The molecular weight excluding hydrogens is 662 g/mol. The summed E-state index contributed by atoms with van der Waals surface area (Å²) in [6, 6.07) is 48.6. The monoisotopic (exact) mass is 685 g/mol. The molecule has 0 aliphatic carbocycles. The number of thiazole rings is 2. The predicted molar refractivity (Wildman–Crippen MR) is 188 cm³/mol. The maximum absolute atomic E-state index is 10.2. The number of phenols is 1. The van der Waals surface area contributed by atoms with Crippen LogP contribution in [0.3, 0.4) is 0 Å². The molecule has 0 bridgehead atoms. The molecule has 0 unspecified atom stereocenters. The topological polar surface area (TPSA) is 46.0 Å². The van der Waals surface area contributed by atoms with E-state index in [1.807, 2.05) is 91.0 Å². The molecule has 0 saturated carbocycles. The molecule has 0 amide bonds. The van der Waals surface area contributed by atoms with E-state index in [-0.39, 0.29) is 25.2 Å². The van der Waals surface area contributed by atoms with Gasteiger partial charge in [-0.3, -0.25) is 0 Å². The summed E-state index contributed by atoms with van der Waals surface area (Å²) < 4.78 is 2.32. The molecule has 1 N–H and O–H groups in total. The molecule has 45 heavy (non-hydrogen) atoms. The normalized spacial score (nSPS) is 10.7. The Hall–Kier alpha value is -4.26. The van der Waals surface area contributed by atoms with Crippen molar-refractivity contribution in [1.29, 1.82) is 0 Å². The first-order valence-electron chi connectivity index (χ1n) is 14.1. The van der Waals surface area contributed by atoms with E-state index in [9.17, 15) is 5.11 Å². The Bertz CT molecular complexity index is 1990. The minimum absolute atomic E-state index is 0. The van der Waals surface area contributed by atoms with Crippen molar-refractivity contribution < 1.29 is 24.6 Å². The SMILES string of the molecule is Oc1ccc(-c2ccccc2)cc1-c1nc2ccccc2s1.[S-]c1ccc(-c2ccccc2)cc1-c1nc2ccccc2s1.[Zn]. The first kappa shape index (κ1) is 30.8. The van der Waals surface area contributed by atoms with Crippen molar-refractivity contribution in [2.24, 2.45) is 0 Å². The van der Waals surface area contributed by atoms with Gasteiger partial charge in [0.2, 0.25) is 0 Å². The number of hydrogen-bond acceptors (Lipinski definition) is 6. The third-order valence-corrected chi connectivity index (χ3v) is 9.73. The first-order chi connectivity index (χ1) is 21.6. The molecule has 0 fully saturated rings. The number of rotatable bonds is 4. The predicted octanol–water partition coefficient (Wildman–Crippen LogP) is 10.9. The number of fused-ring (bicyclic) bond motifs is 2. The van der Waals surface area contributed by atoms with Crippen LogP contribution in [0.4, 0.5) is 0 Å². The van der Waals surface area contributed by atoms with Gasteiger partial charge < -0.3 is 17.7 Å². The summed E-state index contributed by atoms with van der Waals surface area (Å²) in [4.78, 5) is 10.2. The fraction of sp³-hybridized carbons (Fsp3) is 0. The minimum Gasteiger partial charge on any atom is -0.779 e. The first-order valence-corrected chi connectivity index (χ1v) is 16.1. The van der Waals surface area contributed by atoms with Crippen LogP contribution in [-0.4, -0.2) is 15.1 Å². The number of aromatic nitrogens is 2. The maximum atomic E-state index is 10.2. The van der Waals surface area contributed by atoms with Crippen LogP contribution in [0.15, 0.2) is 150 Å². The van der Waals surface area contributed by atoms with Crippen LogP contribution in [0, 0.1) is 0 Å². The number of para-hydroxylation sites is 2. The Kier molecular flexibility index (Phi) is 9.43. The van der Waals surface area contributed by atoms with Gasteiger partial charge in [0.05, 0.1) is 26.0 Å². The maximum Gasteiger partial charge on any atom is 0.128 e. The molecule has 0 saturated heterocycles. The number of hydrogen-bond donors (Lipinski definition) is 1. The second kappa shape index (κ2) is 13.8. The Morgan fingerprint density at radius 2 is 0.911 bits per heavy atom. The average Bonchev–Trinajstić information content (AvgIpc) is 3.71. The summed E-state index contributed by atoms with van der Waals surface area (Å²) in [5.74, 6) is 0.263. The Morgan fingerprint density at radius 1 is 0.467 bits per heavy atom. The van der Waals surface area contributed by atoms with Gasteiger partial charge in [-0.1, -0.05) is 103 Å². The van der Waals surface area contributed by atoms with Crippen LogP contribution in [0.2, 0.25) is 0 Å². The molecule has 2 aromatic heterocycles. The van der Waals surface area contributed by atoms with Gasteiger partial charge in [-0.2, -0.15) is 4.90 Å². The summed E-state index contributed by atoms with van der Waals surface area (Å²) in [5, 5.41) is 12.1. The molecule has 6 aromatic carbocycles. The van der Waals surface area contributed by atoms with Crippen LogP contribution < -0.4 is 0 Å². The molecule has 0 radical (unpaired) electrons. The summed E-state index contributed by atoms with van der Waals surface area (Å²) in [7, 11) is 0. The van der Waals surface area contributed by atoms with Crippen LogP contribution in [0.25, 0.3) is 63.8 Å². The number of benzene rings is 6. The van der Waals surface area contributed by atoms with Gasteiger partial charge >= 0.3 is 0 Å². The van der Waals surface area contributed by atoms with E-state index >= 15 is 0 Å². The van der Waals surface area contributed by atoms with Gasteiger partial charge in [-0.25, -0.2) is 9.97 Å². The fourth-order valence-corrected chi connectivity index (χ4v) is 7.27. The third-order valence-electron chi connectivity index (χ3n) is 7.24. The minimum atomic E-state index is 0. The number of nitrogens with zero attached hydrogens (tertiary/aromatic N) is 2. The molecule has 2 heterocycles.